The molecule has 0 atom stereocenters. The summed E-state index contributed by atoms with van der Waals surface area (Å²) in [5.74, 6) is 0. The van der Waals surface area contributed by atoms with Crippen LogP contribution in [0.1, 0.15) is 0 Å². The van der Waals surface area contributed by atoms with Gasteiger partial charge in [-0.05, 0) is 242 Å². The molecule has 141 heavy (non-hydrogen) atoms. The first kappa shape index (κ1) is 80.6. The number of pyridine rings is 4. The van der Waals surface area contributed by atoms with E-state index in [4.69, 9.17) is 23.2 Å². The number of benzene rings is 23. The molecule has 0 radical (unpaired) electrons. The lowest BCUT2D eigenvalue weighted by Gasteiger charge is -2.19. The summed E-state index contributed by atoms with van der Waals surface area (Å²) in [7, 11) is 0. The quantitative estimate of drug-likeness (QED) is 0.133. The van der Waals surface area contributed by atoms with Crippen LogP contribution in [0.2, 0.25) is 0 Å². The van der Waals surface area contributed by atoms with E-state index in [0.29, 0.717) is 0 Å². The van der Waals surface area contributed by atoms with Crippen molar-refractivity contribution in [3.63, 3.8) is 0 Å². The average molecular weight is 1790 g/mol. The Morgan fingerprint density at radius 1 is 0.156 bits per heavy atom. The van der Waals surface area contributed by atoms with Crippen LogP contribution >= 0.6 is 0 Å². The van der Waals surface area contributed by atoms with Crippen molar-refractivity contribution in [2.24, 2.45) is 0 Å². The van der Waals surface area contributed by atoms with Crippen LogP contribution in [0.4, 0.5) is 0 Å². The second kappa shape index (κ2) is 33.0. The molecule has 30 rings (SSSR count). The Labute approximate surface area is 809 Å². The van der Waals surface area contributed by atoms with Gasteiger partial charge >= 0.3 is 0 Å². The molecular formula is C134H80N4O3. The molecule has 0 bridgehead atoms. The predicted octanol–water partition coefficient (Wildman–Crippen LogP) is 37.2. The normalized spacial score (nSPS) is 11.8. The maximum absolute atomic E-state index is 6.93. The third-order valence-electron chi connectivity index (χ3n) is 28.9. The first-order chi connectivity index (χ1) is 70.0. The summed E-state index contributed by atoms with van der Waals surface area (Å²) < 4.78 is 20.8. The van der Waals surface area contributed by atoms with Gasteiger partial charge in [0.15, 0.2) is 0 Å². The van der Waals surface area contributed by atoms with E-state index in [1.54, 1.807) is 0 Å². The lowest BCUT2D eigenvalue weighted by molar-refractivity contribution is 0.670. The van der Waals surface area contributed by atoms with Crippen molar-refractivity contribution in [1.82, 2.24) is 19.9 Å². The summed E-state index contributed by atoms with van der Waals surface area (Å²) in [6.45, 7) is 0. The standard InChI is InChI=1S/2C45H27NO.C44H26N2O/c1-3-16-33-28(11-1)22-23-40-43(33)44-34-17-4-2-12-30(34)26-39(45(44)47-40)42-37-20-7-5-18-35(37)41(36-19-6-8-21-38(36)42)31-14-9-13-29(25-31)32-15-10-24-46-27-32;1-2-13-29(14-3-1)39-27-31(24-25-46-39)41-34-18-8-10-20-36(34)42(37-21-11-9-19-35(37)41)38-26-30-15-5-7-17-33(30)44-43-32-16-6-4-12-28(32)22-23-40(43)47-45(38)44;1-3-12-30-27(10-1)20-21-39-42(30)43-31-13-4-2-11-29(31)26-36(44(43)47-39)40-32-14-5-7-16-34(32)41(35-17-8-6-15-33(35)40)38-19-9-18-37(46-38)28-22-24-45-25-23-28/h2*1-27H;1-26H. The Morgan fingerprint density at radius 3 is 0.844 bits per heavy atom. The lowest BCUT2D eigenvalue weighted by Crippen LogP contribution is -1.94. The number of rotatable bonds is 9. The molecule has 0 amide bonds. The number of furan rings is 3. The van der Waals surface area contributed by atoms with Gasteiger partial charge in [0.05, 0.1) is 17.1 Å². The van der Waals surface area contributed by atoms with Gasteiger partial charge in [0.1, 0.15) is 33.5 Å². The predicted molar refractivity (Wildman–Crippen MR) is 591 cm³/mol. The van der Waals surface area contributed by atoms with Crippen molar-refractivity contribution in [3.8, 4) is 101 Å². The van der Waals surface area contributed by atoms with Gasteiger partial charge in [0, 0.05) is 119 Å². The number of fused-ring (bicyclic) bond motifs is 27. The van der Waals surface area contributed by atoms with E-state index in [-0.39, 0.29) is 0 Å². The highest BCUT2D eigenvalue weighted by atomic mass is 16.3. The highest BCUT2D eigenvalue weighted by Gasteiger charge is 2.29. The minimum atomic E-state index is 0.902. The summed E-state index contributed by atoms with van der Waals surface area (Å²) in [5, 5.41) is 35.8. The highest BCUT2D eigenvalue weighted by Crippen LogP contribution is 2.55. The third-order valence-corrected chi connectivity index (χ3v) is 28.9. The zero-order valence-electron chi connectivity index (χ0n) is 76.2. The molecule has 0 aliphatic rings. The molecule has 0 spiro atoms. The van der Waals surface area contributed by atoms with Crippen LogP contribution in [0.5, 0.6) is 0 Å². The number of aromatic nitrogens is 4. The maximum Gasteiger partial charge on any atom is 0.143 e. The van der Waals surface area contributed by atoms with Gasteiger partial charge in [0.25, 0.3) is 0 Å². The van der Waals surface area contributed by atoms with E-state index in [0.717, 1.165) is 117 Å². The zero-order valence-corrected chi connectivity index (χ0v) is 76.2. The Bertz CT molecular complexity index is 9310. The molecule has 0 aliphatic heterocycles. The van der Waals surface area contributed by atoms with E-state index in [1.807, 2.05) is 55.2 Å². The van der Waals surface area contributed by atoms with Gasteiger partial charge in [-0.3, -0.25) is 15.0 Å². The summed E-state index contributed by atoms with van der Waals surface area (Å²) in [6, 6.07) is 163. The van der Waals surface area contributed by atoms with Crippen LogP contribution in [-0.4, -0.2) is 19.9 Å². The van der Waals surface area contributed by atoms with Gasteiger partial charge in [-0.2, -0.15) is 0 Å². The summed E-state index contributed by atoms with van der Waals surface area (Å²) in [4.78, 5) is 18.6. The Hall–Kier alpha value is -18.8. The molecular weight excluding hydrogens is 1710 g/mol. The van der Waals surface area contributed by atoms with Crippen LogP contribution in [-0.2, 0) is 0 Å². The summed E-state index contributed by atoms with van der Waals surface area (Å²) >= 11 is 0. The van der Waals surface area contributed by atoms with E-state index in [1.165, 1.54) is 179 Å². The fourth-order valence-electron chi connectivity index (χ4n) is 22.9. The third kappa shape index (κ3) is 13.1. The number of nitrogens with zero attached hydrogens (tertiary/aromatic N) is 4. The molecule has 0 unspecified atom stereocenters. The first-order valence-electron chi connectivity index (χ1n) is 48.0. The van der Waals surface area contributed by atoms with Crippen molar-refractivity contribution in [1.29, 1.82) is 0 Å². The zero-order chi connectivity index (χ0) is 92.7. The van der Waals surface area contributed by atoms with Gasteiger partial charge in [-0.15, -0.1) is 0 Å². The maximum atomic E-state index is 6.93. The van der Waals surface area contributed by atoms with Crippen LogP contribution in [0, 0.1) is 0 Å². The molecule has 654 valence electrons. The Balaban J connectivity index is 0.000000104. The Kier molecular flexibility index (Phi) is 18.9. The van der Waals surface area contributed by atoms with Gasteiger partial charge in [-0.25, -0.2) is 4.98 Å². The second-order valence-electron chi connectivity index (χ2n) is 36.6. The van der Waals surface area contributed by atoms with Crippen LogP contribution in [0.3, 0.4) is 0 Å². The van der Waals surface area contributed by atoms with Gasteiger partial charge < -0.3 is 13.3 Å². The number of hydrogen-bond acceptors (Lipinski definition) is 7. The molecule has 7 heteroatoms. The van der Waals surface area contributed by atoms with Crippen molar-refractivity contribution in [3.05, 3.63) is 486 Å². The molecule has 7 aromatic heterocycles. The monoisotopic (exact) mass is 1790 g/mol. The first-order valence-corrected chi connectivity index (χ1v) is 48.0. The largest absolute Gasteiger partial charge is 0.455 e. The van der Waals surface area contributed by atoms with Crippen LogP contribution in [0.15, 0.2) is 499 Å². The fraction of sp³-hybridized carbons (Fsp3) is 0. The van der Waals surface area contributed by atoms with Crippen molar-refractivity contribution < 1.29 is 13.3 Å². The van der Waals surface area contributed by atoms with Crippen LogP contribution in [0.25, 0.3) is 296 Å². The Morgan fingerprint density at radius 2 is 0.454 bits per heavy atom. The van der Waals surface area contributed by atoms with Crippen LogP contribution < -0.4 is 0 Å². The van der Waals surface area contributed by atoms with Crippen molar-refractivity contribution in [2.45, 2.75) is 0 Å². The molecule has 23 aromatic carbocycles. The molecule has 30 aromatic rings. The van der Waals surface area contributed by atoms with E-state index in [2.05, 4.69) is 441 Å². The van der Waals surface area contributed by atoms with E-state index >= 15 is 0 Å². The fourth-order valence-corrected chi connectivity index (χ4v) is 22.9. The van der Waals surface area contributed by atoms with Crippen molar-refractivity contribution >= 4 is 195 Å². The topological polar surface area (TPSA) is 91.0 Å². The van der Waals surface area contributed by atoms with Gasteiger partial charge in [-0.1, -0.05) is 370 Å². The molecule has 0 saturated carbocycles. The van der Waals surface area contributed by atoms with Gasteiger partial charge in [0.2, 0.25) is 0 Å². The smallest absolute Gasteiger partial charge is 0.143 e. The second-order valence-corrected chi connectivity index (χ2v) is 36.6. The van der Waals surface area contributed by atoms with Crippen molar-refractivity contribution in [2.75, 3.05) is 0 Å². The highest BCUT2D eigenvalue weighted by molar-refractivity contribution is 6.36. The molecule has 0 aliphatic carbocycles. The molecule has 7 nitrogen and oxygen atoms in total. The van der Waals surface area contributed by atoms with E-state index < -0.39 is 0 Å². The lowest BCUT2D eigenvalue weighted by atomic mass is 9.84. The molecule has 0 fully saturated rings. The summed E-state index contributed by atoms with van der Waals surface area (Å²) in [6.07, 6.45) is 9.31. The SMILES string of the molecule is c1cc(-c2ccncc2)nc(-c2c3ccccc3c(-c3cc4ccccc4c4c3oc3ccc5ccccc5c34)c3ccccc23)c1.c1ccc(-c2cc(-c3c4ccccc4c(-c4cc5ccccc5c5c4oc4ccc6ccccc6c45)c4ccccc34)ccn2)cc1.c1cncc(-c2cccc(-c3c4ccccc4c(-c4cc5ccccc5c5c4oc4ccc6ccccc6c45)c4ccccc34)c2)c1. The minimum absolute atomic E-state index is 0.902. The number of hydrogen-bond donors (Lipinski definition) is 0. The van der Waals surface area contributed by atoms with E-state index in [9.17, 15) is 0 Å². The molecule has 7 heterocycles. The minimum Gasteiger partial charge on any atom is -0.455 e. The molecule has 0 saturated heterocycles. The summed E-state index contributed by atoms with van der Waals surface area (Å²) in [5.41, 5.74) is 25.5. The molecule has 0 N–H and O–H groups in total. The average Bonchev–Trinajstić information content (AvgIpc) is 1.64.